The molecule has 1 amide bonds. The van der Waals surface area contributed by atoms with Gasteiger partial charge in [-0.1, -0.05) is 13.3 Å². The molecule has 1 aromatic rings. The van der Waals surface area contributed by atoms with Gasteiger partial charge in [-0.05, 0) is 12.8 Å². The highest BCUT2D eigenvalue weighted by Crippen LogP contribution is 2.31. The van der Waals surface area contributed by atoms with Crippen molar-refractivity contribution in [2.45, 2.75) is 45.0 Å². The SMILES string of the molecule is CCCC1CCOC2Cn3cc(C(=O)O)c(=O)c(OC)c3C(=O)N12. The van der Waals surface area contributed by atoms with E-state index in [9.17, 15) is 19.5 Å². The van der Waals surface area contributed by atoms with Crippen LogP contribution >= 0.6 is 0 Å². The molecule has 0 aliphatic carbocycles. The third-order valence-electron chi connectivity index (χ3n) is 4.55. The first-order chi connectivity index (χ1) is 11.5. The van der Waals surface area contributed by atoms with Crippen LogP contribution in [-0.2, 0) is 11.3 Å². The lowest BCUT2D eigenvalue weighted by atomic mass is 10.0. The van der Waals surface area contributed by atoms with Gasteiger partial charge in [-0.15, -0.1) is 0 Å². The molecule has 8 heteroatoms. The average molecular weight is 336 g/mol. The summed E-state index contributed by atoms with van der Waals surface area (Å²) >= 11 is 0. The Morgan fingerprint density at radius 3 is 2.83 bits per heavy atom. The number of fused-ring (bicyclic) bond motifs is 2. The van der Waals surface area contributed by atoms with Crippen molar-refractivity contribution in [3.8, 4) is 5.75 Å². The maximum absolute atomic E-state index is 13.0. The molecular formula is C16H20N2O6. The van der Waals surface area contributed by atoms with Crippen molar-refractivity contribution in [1.29, 1.82) is 0 Å². The Morgan fingerprint density at radius 2 is 2.21 bits per heavy atom. The molecule has 24 heavy (non-hydrogen) atoms. The zero-order valence-electron chi connectivity index (χ0n) is 13.7. The number of hydrogen-bond donors (Lipinski definition) is 1. The largest absolute Gasteiger partial charge is 0.491 e. The molecule has 3 rings (SSSR count). The molecule has 2 aliphatic heterocycles. The molecule has 130 valence electrons. The quantitative estimate of drug-likeness (QED) is 0.878. The lowest BCUT2D eigenvalue weighted by Gasteiger charge is -2.45. The minimum absolute atomic E-state index is 0.0500. The van der Waals surface area contributed by atoms with E-state index in [1.807, 2.05) is 0 Å². The standard InChI is InChI=1S/C16H20N2O6/c1-3-4-9-5-6-24-11-8-17-7-10(16(21)22)13(19)14(23-2)12(17)15(20)18(9)11/h7,9,11H,3-6,8H2,1-2H3,(H,21,22). The molecule has 1 aromatic heterocycles. The zero-order valence-corrected chi connectivity index (χ0v) is 13.7. The fourth-order valence-corrected chi connectivity index (χ4v) is 3.48. The maximum atomic E-state index is 13.0. The molecule has 1 saturated heterocycles. The number of hydrogen-bond acceptors (Lipinski definition) is 5. The van der Waals surface area contributed by atoms with Crippen LogP contribution in [-0.4, -0.2) is 52.4 Å². The van der Waals surface area contributed by atoms with Gasteiger partial charge < -0.3 is 24.0 Å². The van der Waals surface area contributed by atoms with Crippen molar-refractivity contribution >= 4 is 11.9 Å². The first-order valence-electron chi connectivity index (χ1n) is 7.98. The van der Waals surface area contributed by atoms with E-state index in [2.05, 4.69) is 6.92 Å². The van der Waals surface area contributed by atoms with Gasteiger partial charge >= 0.3 is 5.97 Å². The Hall–Kier alpha value is -2.35. The Bertz CT molecular complexity index is 739. The number of aromatic carboxylic acids is 1. The fourth-order valence-electron chi connectivity index (χ4n) is 3.48. The summed E-state index contributed by atoms with van der Waals surface area (Å²) < 4.78 is 12.3. The second kappa shape index (κ2) is 6.27. The molecule has 8 nitrogen and oxygen atoms in total. The van der Waals surface area contributed by atoms with Gasteiger partial charge in [0.05, 0.1) is 20.3 Å². The number of methoxy groups -OCH3 is 1. The van der Waals surface area contributed by atoms with Gasteiger partial charge in [0.25, 0.3) is 5.91 Å². The van der Waals surface area contributed by atoms with Crippen LogP contribution in [0.4, 0.5) is 0 Å². The van der Waals surface area contributed by atoms with Crippen molar-refractivity contribution < 1.29 is 24.2 Å². The molecule has 2 aliphatic rings. The number of carbonyl (C=O) groups excluding carboxylic acids is 1. The molecule has 2 atom stereocenters. The number of aromatic nitrogens is 1. The summed E-state index contributed by atoms with van der Waals surface area (Å²) in [6, 6.07) is 0.0500. The van der Waals surface area contributed by atoms with Crippen LogP contribution in [0.5, 0.6) is 5.75 Å². The highest BCUT2D eigenvalue weighted by molar-refractivity contribution is 5.98. The van der Waals surface area contributed by atoms with E-state index >= 15 is 0 Å². The second-order valence-electron chi connectivity index (χ2n) is 5.98. The summed E-state index contributed by atoms with van der Waals surface area (Å²) in [5.74, 6) is -1.92. The van der Waals surface area contributed by atoms with E-state index in [1.165, 1.54) is 17.9 Å². The summed E-state index contributed by atoms with van der Waals surface area (Å²) in [5.41, 5.74) is -1.11. The van der Waals surface area contributed by atoms with Crippen LogP contribution in [0.25, 0.3) is 0 Å². The van der Waals surface area contributed by atoms with Crippen molar-refractivity contribution in [2.24, 2.45) is 0 Å². The zero-order chi connectivity index (χ0) is 17.4. The lowest BCUT2D eigenvalue weighted by molar-refractivity contribution is -0.117. The Kier molecular flexibility index (Phi) is 4.31. The molecule has 0 bridgehead atoms. The van der Waals surface area contributed by atoms with Crippen LogP contribution in [0.3, 0.4) is 0 Å². The van der Waals surface area contributed by atoms with Crippen LogP contribution in [0.1, 0.15) is 47.0 Å². The third-order valence-corrected chi connectivity index (χ3v) is 4.55. The molecule has 0 saturated carbocycles. The molecular weight excluding hydrogens is 316 g/mol. The van der Waals surface area contributed by atoms with E-state index in [0.29, 0.717) is 6.61 Å². The smallest absolute Gasteiger partial charge is 0.341 e. The molecule has 2 unspecified atom stereocenters. The molecule has 0 aromatic carbocycles. The molecule has 1 N–H and O–H groups in total. The van der Waals surface area contributed by atoms with Crippen molar-refractivity contribution in [3.05, 3.63) is 27.7 Å². The number of nitrogens with zero attached hydrogens (tertiary/aromatic N) is 2. The van der Waals surface area contributed by atoms with E-state index in [4.69, 9.17) is 9.47 Å². The van der Waals surface area contributed by atoms with E-state index < -0.39 is 23.2 Å². The summed E-state index contributed by atoms with van der Waals surface area (Å²) in [6.07, 6.45) is 3.28. The minimum atomic E-state index is -1.35. The average Bonchev–Trinajstić information content (AvgIpc) is 2.55. The number of carboxylic acid groups (broad SMARTS) is 1. The predicted octanol–water partition coefficient (Wildman–Crippen LogP) is 0.926. The topological polar surface area (TPSA) is 98.1 Å². The Labute approximate surface area is 138 Å². The van der Waals surface area contributed by atoms with Crippen molar-refractivity contribution in [2.75, 3.05) is 13.7 Å². The number of carbonyl (C=O) groups is 2. The number of rotatable bonds is 4. The minimum Gasteiger partial charge on any atom is -0.491 e. The second-order valence-corrected chi connectivity index (χ2v) is 5.98. The van der Waals surface area contributed by atoms with Gasteiger partial charge in [0.2, 0.25) is 5.43 Å². The van der Waals surface area contributed by atoms with E-state index in [0.717, 1.165) is 19.3 Å². The van der Waals surface area contributed by atoms with Gasteiger partial charge in [0.15, 0.2) is 17.7 Å². The molecule has 1 fully saturated rings. The fraction of sp³-hybridized carbons (Fsp3) is 0.562. The van der Waals surface area contributed by atoms with Gasteiger partial charge in [-0.25, -0.2) is 4.79 Å². The number of carboxylic acids is 1. The first kappa shape index (κ1) is 16.5. The maximum Gasteiger partial charge on any atom is 0.341 e. The number of amides is 1. The Balaban J connectivity index is 2.14. The molecule has 0 radical (unpaired) electrons. The summed E-state index contributed by atoms with van der Waals surface area (Å²) in [7, 11) is 1.26. The van der Waals surface area contributed by atoms with Crippen molar-refractivity contribution in [3.63, 3.8) is 0 Å². The Morgan fingerprint density at radius 1 is 1.46 bits per heavy atom. The number of ether oxygens (including phenoxy) is 2. The summed E-state index contributed by atoms with van der Waals surface area (Å²) in [6.45, 7) is 2.88. The third kappa shape index (κ3) is 2.47. The lowest BCUT2D eigenvalue weighted by Crippen LogP contribution is -2.57. The van der Waals surface area contributed by atoms with Crippen molar-refractivity contribution in [1.82, 2.24) is 9.47 Å². The van der Waals surface area contributed by atoms with Crippen LogP contribution in [0, 0.1) is 0 Å². The van der Waals surface area contributed by atoms with Gasteiger partial charge in [0, 0.05) is 12.2 Å². The van der Waals surface area contributed by atoms with Crippen LogP contribution in [0.15, 0.2) is 11.0 Å². The van der Waals surface area contributed by atoms with Crippen LogP contribution in [0.2, 0.25) is 0 Å². The van der Waals surface area contributed by atoms with E-state index in [-0.39, 0.29) is 29.9 Å². The first-order valence-corrected chi connectivity index (χ1v) is 7.98. The van der Waals surface area contributed by atoms with Gasteiger partial charge in [0.1, 0.15) is 5.56 Å². The summed E-state index contributed by atoms with van der Waals surface area (Å²) in [4.78, 5) is 38.3. The molecule has 0 spiro atoms. The highest BCUT2D eigenvalue weighted by atomic mass is 16.5. The normalized spacial score (nSPS) is 22.8. The van der Waals surface area contributed by atoms with E-state index in [1.54, 1.807) is 4.90 Å². The van der Waals surface area contributed by atoms with Gasteiger partial charge in [-0.2, -0.15) is 0 Å². The highest BCUT2D eigenvalue weighted by Gasteiger charge is 2.42. The van der Waals surface area contributed by atoms with Crippen LogP contribution < -0.4 is 10.2 Å². The number of pyridine rings is 1. The monoisotopic (exact) mass is 336 g/mol. The summed E-state index contributed by atoms with van der Waals surface area (Å²) in [5, 5.41) is 9.20. The van der Waals surface area contributed by atoms with Gasteiger partial charge in [-0.3, -0.25) is 9.59 Å². The molecule has 3 heterocycles. The predicted molar refractivity (Wildman–Crippen MR) is 83.4 cm³/mol.